The van der Waals surface area contributed by atoms with Gasteiger partial charge in [0.2, 0.25) is 11.8 Å². The van der Waals surface area contributed by atoms with Gasteiger partial charge in [0, 0.05) is 40.3 Å². The summed E-state index contributed by atoms with van der Waals surface area (Å²) in [7, 11) is 0. The molecule has 5 rings (SSSR count). The summed E-state index contributed by atoms with van der Waals surface area (Å²) < 4.78 is 12.0. The SMILES string of the molecule is C[C@@H]1CNc2c(sc3ccc4nc(Oc5nc(OC[C@H](N)C(=O)O)ncc5CO)ccc4c23)C(=O)N1. The standard InChI is InChI=1S/C23H22N6O6S/c1-10-6-25-18-17-12-2-5-16(28-14(12)3-4-15(17)36-19(18)20(31)27-10)35-21-11(8-30)7-26-23(29-21)34-9-13(24)22(32)33/h2-5,7,10,13,25,30H,6,8-9,24H2,1H3,(H,27,31)(H,32,33)/t10-,13+/m1/s1. The molecule has 36 heavy (non-hydrogen) atoms. The van der Waals surface area contributed by atoms with Crippen LogP contribution < -0.4 is 25.8 Å². The third-order valence-electron chi connectivity index (χ3n) is 5.55. The molecule has 0 saturated heterocycles. The van der Waals surface area contributed by atoms with Crippen LogP contribution in [-0.2, 0) is 11.4 Å². The number of hydrogen-bond acceptors (Lipinski definition) is 11. The molecule has 0 bridgehead atoms. The van der Waals surface area contributed by atoms with Gasteiger partial charge in [-0.15, -0.1) is 11.3 Å². The number of aliphatic carboxylic acids is 1. The number of benzene rings is 1. The van der Waals surface area contributed by atoms with E-state index in [4.69, 9.17) is 20.3 Å². The summed E-state index contributed by atoms with van der Waals surface area (Å²) in [5.74, 6) is -1.10. The highest BCUT2D eigenvalue weighted by molar-refractivity contribution is 7.21. The highest BCUT2D eigenvalue weighted by Crippen LogP contribution is 2.41. The molecule has 186 valence electrons. The van der Waals surface area contributed by atoms with Gasteiger partial charge < -0.3 is 36.1 Å². The smallest absolute Gasteiger partial charge is 0.324 e. The van der Waals surface area contributed by atoms with Gasteiger partial charge in [-0.25, -0.2) is 9.97 Å². The van der Waals surface area contributed by atoms with Crippen LogP contribution in [0.1, 0.15) is 22.2 Å². The fourth-order valence-electron chi connectivity index (χ4n) is 3.74. The lowest BCUT2D eigenvalue weighted by Gasteiger charge is -2.12. The minimum Gasteiger partial charge on any atom is -0.480 e. The lowest BCUT2D eigenvalue weighted by atomic mass is 10.1. The van der Waals surface area contributed by atoms with Crippen LogP contribution in [0.25, 0.3) is 21.0 Å². The van der Waals surface area contributed by atoms with E-state index in [-0.39, 0.29) is 41.9 Å². The van der Waals surface area contributed by atoms with Crippen LogP contribution in [0.2, 0.25) is 0 Å². The minimum atomic E-state index is -1.24. The zero-order chi connectivity index (χ0) is 25.4. The van der Waals surface area contributed by atoms with Crippen LogP contribution in [0.3, 0.4) is 0 Å². The molecule has 6 N–H and O–H groups in total. The van der Waals surface area contributed by atoms with Gasteiger partial charge in [0.15, 0.2) is 0 Å². The Bertz CT molecular complexity index is 1490. The van der Waals surface area contributed by atoms with Crippen LogP contribution in [0.5, 0.6) is 17.8 Å². The number of nitrogens with two attached hydrogens (primary N) is 1. The second kappa shape index (κ2) is 9.53. The lowest BCUT2D eigenvalue weighted by Crippen LogP contribution is -2.36. The van der Waals surface area contributed by atoms with E-state index in [1.165, 1.54) is 17.5 Å². The molecule has 1 aromatic carbocycles. The number of amides is 1. The number of hydrogen-bond donors (Lipinski definition) is 5. The van der Waals surface area contributed by atoms with Crippen LogP contribution in [0.4, 0.5) is 5.69 Å². The van der Waals surface area contributed by atoms with Crippen molar-refractivity contribution in [2.24, 2.45) is 5.73 Å². The van der Waals surface area contributed by atoms with Crippen LogP contribution in [-0.4, -0.2) is 62.3 Å². The maximum Gasteiger partial charge on any atom is 0.324 e. The van der Waals surface area contributed by atoms with Crippen LogP contribution >= 0.6 is 11.3 Å². The van der Waals surface area contributed by atoms with Crippen molar-refractivity contribution in [1.82, 2.24) is 20.3 Å². The van der Waals surface area contributed by atoms with Gasteiger partial charge in [0.1, 0.15) is 17.5 Å². The molecule has 1 aliphatic heterocycles. The summed E-state index contributed by atoms with van der Waals surface area (Å²) in [5, 5.41) is 26.7. The molecular weight excluding hydrogens is 488 g/mol. The second-order valence-corrected chi connectivity index (χ2v) is 9.27. The van der Waals surface area contributed by atoms with Gasteiger partial charge in [0.25, 0.3) is 5.91 Å². The molecule has 4 aromatic rings. The van der Waals surface area contributed by atoms with E-state index in [9.17, 15) is 14.7 Å². The second-order valence-electron chi connectivity index (χ2n) is 8.22. The Morgan fingerprint density at radius 2 is 2.14 bits per heavy atom. The molecule has 0 fully saturated rings. The number of ether oxygens (including phenoxy) is 2. The average Bonchev–Trinajstić information content (AvgIpc) is 3.18. The first-order chi connectivity index (χ1) is 17.3. The summed E-state index contributed by atoms with van der Waals surface area (Å²) in [4.78, 5) is 36.8. The number of carbonyl (C=O) groups is 2. The number of nitrogens with one attached hydrogen (secondary N) is 2. The lowest BCUT2D eigenvalue weighted by molar-refractivity contribution is -0.139. The van der Waals surface area contributed by atoms with E-state index in [0.717, 1.165) is 21.2 Å². The van der Waals surface area contributed by atoms with Crippen molar-refractivity contribution in [3.63, 3.8) is 0 Å². The number of carbonyl (C=O) groups excluding carboxylic acids is 1. The van der Waals surface area contributed by atoms with Crippen molar-refractivity contribution >= 4 is 49.9 Å². The summed E-state index contributed by atoms with van der Waals surface area (Å²) in [6.45, 7) is 1.81. The average molecular weight is 511 g/mol. The van der Waals surface area contributed by atoms with E-state index in [2.05, 4.69) is 25.6 Å². The Morgan fingerprint density at radius 1 is 1.31 bits per heavy atom. The molecule has 12 nitrogen and oxygen atoms in total. The maximum absolute atomic E-state index is 12.6. The van der Waals surface area contributed by atoms with Crippen LogP contribution in [0, 0.1) is 0 Å². The number of aromatic nitrogens is 3. The third kappa shape index (κ3) is 4.46. The maximum atomic E-state index is 12.6. The summed E-state index contributed by atoms with van der Waals surface area (Å²) in [5.41, 5.74) is 7.16. The number of aliphatic hydroxyl groups is 1. The largest absolute Gasteiger partial charge is 0.480 e. The van der Waals surface area contributed by atoms with Gasteiger partial charge >= 0.3 is 12.0 Å². The predicted octanol–water partition coefficient (Wildman–Crippen LogP) is 1.86. The predicted molar refractivity (Wildman–Crippen MR) is 132 cm³/mol. The van der Waals surface area contributed by atoms with Gasteiger partial charge in [-0.1, -0.05) is 0 Å². The fourth-order valence-corrected chi connectivity index (χ4v) is 4.84. The number of pyridine rings is 1. The zero-order valence-corrected chi connectivity index (χ0v) is 19.8. The monoisotopic (exact) mass is 510 g/mol. The molecule has 13 heteroatoms. The van der Waals surface area contributed by atoms with E-state index in [1.807, 2.05) is 25.1 Å². The van der Waals surface area contributed by atoms with Gasteiger partial charge in [-0.05, 0) is 25.1 Å². The zero-order valence-electron chi connectivity index (χ0n) is 19.0. The van der Waals surface area contributed by atoms with E-state index < -0.39 is 18.6 Å². The Hall–Kier alpha value is -4.07. The van der Waals surface area contributed by atoms with Gasteiger partial charge in [-0.3, -0.25) is 9.59 Å². The fraction of sp³-hybridized carbons (Fsp3) is 0.261. The quantitative estimate of drug-likeness (QED) is 0.245. The molecule has 0 spiro atoms. The number of carboxylic acid groups (broad SMARTS) is 1. The first-order valence-electron chi connectivity index (χ1n) is 11.0. The normalized spacial score (nSPS) is 16.1. The van der Waals surface area contributed by atoms with E-state index >= 15 is 0 Å². The molecule has 4 heterocycles. The molecule has 2 atom stereocenters. The van der Waals surface area contributed by atoms with Crippen molar-refractivity contribution in [1.29, 1.82) is 0 Å². The Balaban J connectivity index is 1.47. The summed E-state index contributed by atoms with van der Waals surface area (Å²) >= 11 is 1.42. The third-order valence-corrected chi connectivity index (χ3v) is 6.70. The van der Waals surface area contributed by atoms with E-state index in [1.54, 1.807) is 6.07 Å². The number of carboxylic acids is 1. The number of aliphatic hydroxyl groups excluding tert-OH is 1. The van der Waals surface area contributed by atoms with Crippen molar-refractivity contribution in [3.05, 3.63) is 40.9 Å². The summed E-state index contributed by atoms with van der Waals surface area (Å²) in [6, 6.07) is 5.87. The van der Waals surface area contributed by atoms with Crippen molar-refractivity contribution < 1.29 is 29.3 Å². The molecule has 0 aliphatic carbocycles. The molecule has 0 saturated carbocycles. The Morgan fingerprint density at radius 3 is 2.92 bits per heavy atom. The Kier molecular flexibility index (Phi) is 6.26. The molecular formula is C23H22N6O6S. The molecule has 0 unspecified atom stereocenters. The van der Waals surface area contributed by atoms with Crippen molar-refractivity contribution in [2.75, 3.05) is 18.5 Å². The Labute approximate surface area is 208 Å². The molecule has 1 amide bonds. The molecule has 0 radical (unpaired) electrons. The molecule has 1 aliphatic rings. The molecule has 3 aromatic heterocycles. The first-order valence-corrected chi connectivity index (χ1v) is 11.8. The number of fused-ring (bicyclic) bond motifs is 5. The highest BCUT2D eigenvalue weighted by atomic mass is 32.1. The van der Waals surface area contributed by atoms with Gasteiger partial charge in [0.05, 0.1) is 23.4 Å². The van der Waals surface area contributed by atoms with Crippen molar-refractivity contribution in [2.45, 2.75) is 25.6 Å². The minimum absolute atomic E-state index is 0.00238. The summed E-state index contributed by atoms with van der Waals surface area (Å²) in [6.07, 6.45) is 1.31. The highest BCUT2D eigenvalue weighted by Gasteiger charge is 2.25. The first kappa shape index (κ1) is 23.7. The number of thiophene rings is 1. The number of nitrogens with zero attached hydrogens (tertiary/aromatic N) is 3. The van der Waals surface area contributed by atoms with E-state index in [0.29, 0.717) is 16.9 Å². The van der Waals surface area contributed by atoms with Gasteiger partial charge in [-0.2, -0.15) is 4.98 Å². The topological polar surface area (TPSA) is 182 Å². The van der Waals surface area contributed by atoms with Crippen molar-refractivity contribution in [3.8, 4) is 17.8 Å². The number of rotatable bonds is 7. The van der Waals surface area contributed by atoms with Crippen LogP contribution in [0.15, 0.2) is 30.5 Å². The number of anilines is 1.